The van der Waals surface area contributed by atoms with Crippen molar-refractivity contribution in [1.82, 2.24) is 9.80 Å². The van der Waals surface area contributed by atoms with Crippen molar-refractivity contribution >= 4 is 40.8 Å². The molecule has 1 aromatic carbocycles. The first kappa shape index (κ1) is 32.0. The molecule has 8 N–H and O–H groups in total. The second-order valence-electron chi connectivity index (χ2n) is 12.3. The van der Waals surface area contributed by atoms with Crippen molar-refractivity contribution in [2.24, 2.45) is 17.6 Å². The lowest BCUT2D eigenvalue weighted by Crippen LogP contribution is -2.68. The average Bonchev–Trinajstić information content (AvgIpc) is 2.95. The summed E-state index contributed by atoms with van der Waals surface area (Å²) in [5.74, 6) is -9.24. The van der Waals surface area contributed by atoms with Crippen LogP contribution in [0.2, 0.25) is 0 Å². The van der Waals surface area contributed by atoms with E-state index in [0.29, 0.717) is 23.9 Å². The number of rotatable bonds is 5. The van der Waals surface area contributed by atoms with Crippen LogP contribution < -0.4 is 11.1 Å². The van der Waals surface area contributed by atoms with Crippen molar-refractivity contribution in [2.75, 3.05) is 38.3 Å². The Morgan fingerprint density at radius 2 is 1.84 bits per heavy atom. The highest BCUT2D eigenvalue weighted by molar-refractivity contribution is 7.99. The lowest BCUT2D eigenvalue weighted by atomic mass is 9.55. The summed E-state index contributed by atoms with van der Waals surface area (Å²) in [5, 5.41) is 60.3. The van der Waals surface area contributed by atoms with Gasteiger partial charge in [-0.15, -0.1) is 0 Å². The van der Waals surface area contributed by atoms with Crippen LogP contribution in [0.5, 0.6) is 5.75 Å². The number of thioether (sulfide) groups is 1. The number of anilines is 1. The van der Waals surface area contributed by atoms with E-state index in [-0.39, 0.29) is 11.3 Å². The van der Waals surface area contributed by atoms with Crippen LogP contribution in [0.15, 0.2) is 34.8 Å². The van der Waals surface area contributed by atoms with E-state index in [2.05, 4.69) is 12.2 Å². The zero-order chi connectivity index (χ0) is 32.6. The Morgan fingerprint density at radius 1 is 1.18 bits per heavy atom. The smallest absolute Gasteiger partial charge is 0.255 e. The van der Waals surface area contributed by atoms with Crippen LogP contribution in [0.4, 0.5) is 5.69 Å². The molecule has 2 amide bonds. The minimum Gasteiger partial charge on any atom is -0.510 e. The van der Waals surface area contributed by atoms with Gasteiger partial charge in [0, 0.05) is 35.6 Å². The number of primary amides is 1. The third kappa shape index (κ3) is 4.53. The van der Waals surface area contributed by atoms with Gasteiger partial charge in [0.1, 0.15) is 17.1 Å². The van der Waals surface area contributed by atoms with Gasteiger partial charge in [0.15, 0.2) is 17.1 Å². The average molecular weight is 631 g/mol. The first-order valence-electron chi connectivity index (χ1n) is 14.4. The Balaban J connectivity index is 1.59. The van der Waals surface area contributed by atoms with Crippen molar-refractivity contribution in [3.63, 3.8) is 0 Å². The number of phenols is 1. The van der Waals surface area contributed by atoms with Crippen molar-refractivity contribution in [1.29, 1.82) is 0 Å². The Morgan fingerprint density at radius 3 is 2.43 bits per heavy atom. The third-order valence-electron chi connectivity index (χ3n) is 9.59. The van der Waals surface area contributed by atoms with E-state index < -0.39 is 93.3 Å². The number of Topliss-reactive ketones (excluding diaryl/α,β-unsaturated/α-hetero) is 2. The molecule has 238 valence electrons. The monoisotopic (exact) mass is 630 g/mol. The van der Waals surface area contributed by atoms with Gasteiger partial charge in [-0.05, 0) is 38.6 Å². The molecule has 0 aromatic heterocycles. The molecular weight excluding hydrogens is 592 g/mol. The number of hydrogen-bond donors (Lipinski definition) is 7. The van der Waals surface area contributed by atoms with Gasteiger partial charge < -0.3 is 36.6 Å². The number of hydrogen-bond acceptors (Lipinski definition) is 12. The van der Waals surface area contributed by atoms with E-state index in [0.717, 1.165) is 5.75 Å². The molecule has 44 heavy (non-hydrogen) atoms. The minimum absolute atomic E-state index is 0.0441. The van der Waals surface area contributed by atoms with Gasteiger partial charge in [0.05, 0.1) is 35.4 Å². The second kappa shape index (κ2) is 11.2. The summed E-state index contributed by atoms with van der Waals surface area (Å²) < 4.78 is 0. The number of fused-ring (bicyclic) bond motifs is 3. The fourth-order valence-corrected chi connectivity index (χ4v) is 8.36. The molecule has 8 atom stereocenters. The van der Waals surface area contributed by atoms with Gasteiger partial charge in [0.2, 0.25) is 11.7 Å². The van der Waals surface area contributed by atoms with Crippen LogP contribution in [0.25, 0.3) is 0 Å². The Labute approximate surface area is 258 Å². The zero-order valence-corrected chi connectivity index (χ0v) is 25.9. The Bertz CT molecular complexity index is 1520. The number of phenolic OH excluding ortho intramolecular Hbond substituents is 1. The van der Waals surface area contributed by atoms with Gasteiger partial charge in [-0.1, -0.05) is 19.9 Å². The highest BCUT2D eigenvalue weighted by atomic mass is 32.2. The number of aliphatic hydroxyl groups excluding tert-OH is 3. The molecule has 0 saturated carbocycles. The summed E-state index contributed by atoms with van der Waals surface area (Å²) in [6.07, 6.45) is -1.68. The number of benzene rings is 1. The lowest BCUT2D eigenvalue weighted by Gasteiger charge is -2.53. The molecule has 0 radical (unpaired) electrons. The maximum atomic E-state index is 14.0. The molecule has 1 aromatic rings. The number of aliphatic hydroxyl groups is 4. The molecule has 6 unspecified atom stereocenters. The standard InChI is InChI=1S/C30H38N4O9S/c1-11-10-34(8-9-44-11)13(3)29(42)32-15-7-6-14-12(2)16-18(23(36)17(14)22(15)35)26(39)30(43)20(24(16)37)21(33(4)5)25(38)19(27(30)40)28(31)41/h6-7,11-13,16,20-21,24,35,37-39,43H,8-10H2,1-5H3,(H2,31,41)(H,32,42)/t11?,12?,13?,16?,20?,21-,24?,30-/m0/s1. The molecule has 1 fully saturated rings. The van der Waals surface area contributed by atoms with Gasteiger partial charge in [0.25, 0.3) is 5.91 Å². The fraction of sp³-hybridized carbons (Fsp3) is 0.533. The number of amides is 2. The molecule has 0 bridgehead atoms. The molecule has 13 nitrogen and oxygen atoms in total. The largest absolute Gasteiger partial charge is 0.510 e. The number of nitrogens with one attached hydrogen (secondary N) is 1. The molecule has 3 aliphatic carbocycles. The third-order valence-corrected chi connectivity index (χ3v) is 10.7. The van der Waals surface area contributed by atoms with E-state index in [9.17, 15) is 44.7 Å². The molecule has 14 heteroatoms. The summed E-state index contributed by atoms with van der Waals surface area (Å²) in [6.45, 7) is 6.91. The molecule has 4 aliphatic rings. The van der Waals surface area contributed by atoms with Gasteiger partial charge in [-0.2, -0.15) is 11.8 Å². The first-order chi connectivity index (χ1) is 20.5. The summed E-state index contributed by atoms with van der Waals surface area (Å²) in [6, 6.07) is 1.14. The second-order valence-corrected chi connectivity index (χ2v) is 13.9. The number of nitrogens with two attached hydrogens (primary N) is 1. The van der Waals surface area contributed by atoms with E-state index >= 15 is 0 Å². The summed E-state index contributed by atoms with van der Waals surface area (Å²) in [5.41, 5.74) is 0.897. The van der Waals surface area contributed by atoms with E-state index in [1.807, 2.05) is 16.7 Å². The van der Waals surface area contributed by atoms with Crippen molar-refractivity contribution in [2.45, 2.75) is 55.7 Å². The SMILES string of the molecule is CC1CN(C(C)C(=O)Nc2ccc3c(c2O)C(=O)C2=C(O)[C@]4(O)C(=O)C(C(N)=O)=C(O)[C@@H](N(C)C)C4C(O)C2C3C)CCS1. The normalized spacial score (nSPS) is 33.1. The Kier molecular flexibility index (Phi) is 8.12. The summed E-state index contributed by atoms with van der Waals surface area (Å²) in [4.78, 5) is 56.3. The van der Waals surface area contributed by atoms with Crippen molar-refractivity contribution in [3.05, 3.63) is 45.9 Å². The maximum Gasteiger partial charge on any atom is 0.255 e. The molecular formula is C30H38N4O9S. The van der Waals surface area contributed by atoms with E-state index in [1.54, 1.807) is 13.8 Å². The van der Waals surface area contributed by atoms with Gasteiger partial charge >= 0.3 is 0 Å². The predicted octanol–water partition coefficient (Wildman–Crippen LogP) is 0.417. The number of nitrogens with zero attached hydrogens (tertiary/aromatic N) is 2. The van der Waals surface area contributed by atoms with E-state index in [1.165, 1.54) is 31.1 Å². The van der Waals surface area contributed by atoms with Crippen LogP contribution in [-0.4, -0.2) is 121 Å². The molecule has 1 saturated heterocycles. The molecule has 0 spiro atoms. The molecule has 1 heterocycles. The molecule has 1 aliphatic heterocycles. The van der Waals surface area contributed by atoms with Crippen LogP contribution in [0, 0.1) is 11.8 Å². The minimum atomic E-state index is -3.00. The van der Waals surface area contributed by atoms with Crippen LogP contribution in [0.1, 0.15) is 42.6 Å². The first-order valence-corrected chi connectivity index (χ1v) is 15.5. The van der Waals surface area contributed by atoms with Crippen molar-refractivity contribution < 1.29 is 44.7 Å². The molecule has 5 rings (SSSR count). The highest BCUT2D eigenvalue weighted by Crippen LogP contribution is 2.56. The van der Waals surface area contributed by atoms with Gasteiger partial charge in [-0.3, -0.25) is 29.0 Å². The van der Waals surface area contributed by atoms with Crippen LogP contribution >= 0.6 is 11.8 Å². The quantitative estimate of drug-likeness (QED) is 0.174. The number of likely N-dealkylation sites (N-methyl/N-ethyl adjacent to an activating group) is 1. The zero-order valence-electron chi connectivity index (χ0n) is 25.1. The van der Waals surface area contributed by atoms with Crippen LogP contribution in [-0.2, 0) is 14.4 Å². The van der Waals surface area contributed by atoms with Crippen LogP contribution in [0.3, 0.4) is 0 Å². The van der Waals surface area contributed by atoms with E-state index in [4.69, 9.17) is 5.73 Å². The number of ketones is 2. The summed E-state index contributed by atoms with van der Waals surface area (Å²) in [7, 11) is 2.95. The highest BCUT2D eigenvalue weighted by Gasteiger charge is 2.67. The maximum absolute atomic E-state index is 14.0. The summed E-state index contributed by atoms with van der Waals surface area (Å²) >= 11 is 1.82. The fourth-order valence-electron chi connectivity index (χ4n) is 7.32. The lowest BCUT2D eigenvalue weighted by molar-refractivity contribution is -0.162. The number of aromatic hydroxyl groups is 1. The van der Waals surface area contributed by atoms with Gasteiger partial charge in [-0.25, -0.2) is 0 Å². The topological polar surface area (TPSA) is 214 Å². The number of carbonyl (C=O) groups excluding carboxylic acids is 4. The number of carbonyl (C=O) groups is 4. The van der Waals surface area contributed by atoms with Crippen molar-refractivity contribution in [3.8, 4) is 5.75 Å². The Hall–Kier alpha value is -3.43. The predicted molar refractivity (Wildman–Crippen MR) is 161 cm³/mol.